The number of rotatable bonds is 1. The molecular weight excluding hydrogens is 232 g/mol. The van der Waals surface area contributed by atoms with E-state index in [0.717, 1.165) is 0 Å². The second kappa shape index (κ2) is 5.38. The fraction of sp³-hybridized carbons (Fsp3) is 0.333. The Bertz CT molecular complexity index is 489. The maximum absolute atomic E-state index is 11.9. The zero-order chi connectivity index (χ0) is 13.0. The van der Waals surface area contributed by atoms with Gasteiger partial charge < -0.3 is 20.7 Å². The van der Waals surface area contributed by atoms with E-state index in [1.807, 2.05) is 6.07 Å². The van der Waals surface area contributed by atoms with Crippen molar-refractivity contribution in [1.82, 2.24) is 4.90 Å². The Labute approximate surface area is 105 Å². The molecule has 2 amide bonds. The Balaban J connectivity index is 2.09. The summed E-state index contributed by atoms with van der Waals surface area (Å²) >= 11 is 0. The molecule has 0 radical (unpaired) electrons. The molecule has 0 saturated carbocycles. The Morgan fingerprint density at radius 3 is 2.83 bits per heavy atom. The number of benzene rings is 1. The minimum Gasteiger partial charge on any atom is -0.399 e. The summed E-state index contributed by atoms with van der Waals surface area (Å²) in [5, 5.41) is 11.7. The molecule has 2 rings (SSSR count). The zero-order valence-electron chi connectivity index (χ0n) is 9.85. The van der Waals surface area contributed by atoms with Gasteiger partial charge in [0.05, 0.1) is 24.5 Å². The van der Waals surface area contributed by atoms with Gasteiger partial charge in [0, 0.05) is 18.8 Å². The van der Waals surface area contributed by atoms with Crippen LogP contribution in [0, 0.1) is 11.3 Å². The van der Waals surface area contributed by atoms with E-state index in [1.54, 1.807) is 17.0 Å². The van der Waals surface area contributed by atoms with E-state index in [9.17, 15) is 4.79 Å². The van der Waals surface area contributed by atoms with Gasteiger partial charge in [-0.1, -0.05) is 0 Å². The summed E-state index contributed by atoms with van der Waals surface area (Å²) in [4.78, 5) is 13.6. The molecule has 94 valence electrons. The molecule has 1 heterocycles. The number of nitrogens with zero attached hydrogens (tertiary/aromatic N) is 2. The first-order chi connectivity index (χ1) is 8.70. The summed E-state index contributed by atoms with van der Waals surface area (Å²) in [6.07, 6.45) is 0. The fourth-order valence-electron chi connectivity index (χ4n) is 1.72. The molecule has 0 unspecified atom stereocenters. The first kappa shape index (κ1) is 12.2. The van der Waals surface area contributed by atoms with Crippen LogP contribution in [0.3, 0.4) is 0 Å². The minimum atomic E-state index is -0.223. The third-order valence-corrected chi connectivity index (χ3v) is 2.70. The van der Waals surface area contributed by atoms with Crippen LogP contribution >= 0.6 is 0 Å². The lowest BCUT2D eigenvalue weighted by Crippen LogP contribution is -2.43. The van der Waals surface area contributed by atoms with E-state index < -0.39 is 0 Å². The molecule has 1 aliphatic rings. The number of nitrogen functional groups attached to an aromatic ring is 1. The minimum absolute atomic E-state index is 0.223. The SMILES string of the molecule is N#Cc1cc(N)ccc1NC(=O)N1CCOCC1. The van der Waals surface area contributed by atoms with Crippen LogP contribution in [0.15, 0.2) is 18.2 Å². The third-order valence-electron chi connectivity index (χ3n) is 2.70. The van der Waals surface area contributed by atoms with Gasteiger partial charge >= 0.3 is 6.03 Å². The van der Waals surface area contributed by atoms with E-state index >= 15 is 0 Å². The maximum Gasteiger partial charge on any atom is 0.322 e. The number of amides is 2. The summed E-state index contributed by atoms with van der Waals surface area (Å²) in [6, 6.07) is 6.60. The first-order valence-electron chi connectivity index (χ1n) is 5.64. The van der Waals surface area contributed by atoms with Gasteiger partial charge in [-0.25, -0.2) is 4.79 Å². The van der Waals surface area contributed by atoms with Gasteiger partial charge in [0.15, 0.2) is 0 Å². The van der Waals surface area contributed by atoms with Crippen LogP contribution in [-0.4, -0.2) is 37.2 Å². The molecule has 1 saturated heterocycles. The number of nitrogens with two attached hydrogens (primary N) is 1. The fourth-order valence-corrected chi connectivity index (χ4v) is 1.72. The standard InChI is InChI=1S/C12H14N4O2/c13-8-9-7-10(14)1-2-11(9)15-12(17)16-3-5-18-6-4-16/h1-2,7H,3-6,14H2,(H,15,17). The molecular formula is C12H14N4O2. The highest BCUT2D eigenvalue weighted by atomic mass is 16.5. The average molecular weight is 246 g/mol. The summed E-state index contributed by atoms with van der Waals surface area (Å²) in [5.41, 5.74) is 6.92. The number of ether oxygens (including phenoxy) is 1. The molecule has 0 atom stereocenters. The van der Waals surface area contributed by atoms with Crippen molar-refractivity contribution in [3.63, 3.8) is 0 Å². The van der Waals surface area contributed by atoms with E-state index in [2.05, 4.69) is 5.32 Å². The third kappa shape index (κ3) is 2.70. The van der Waals surface area contributed by atoms with Crippen LogP contribution < -0.4 is 11.1 Å². The molecule has 0 aliphatic carbocycles. The smallest absolute Gasteiger partial charge is 0.322 e. The summed E-state index contributed by atoms with van der Waals surface area (Å²) in [5.74, 6) is 0. The highest BCUT2D eigenvalue weighted by molar-refractivity contribution is 5.91. The number of nitriles is 1. The number of hydrogen-bond acceptors (Lipinski definition) is 4. The number of carbonyl (C=O) groups is 1. The Morgan fingerprint density at radius 2 is 2.17 bits per heavy atom. The highest BCUT2D eigenvalue weighted by Crippen LogP contribution is 2.18. The molecule has 1 aromatic rings. The lowest BCUT2D eigenvalue weighted by molar-refractivity contribution is 0.0564. The number of hydrogen-bond donors (Lipinski definition) is 2. The van der Waals surface area contributed by atoms with Crippen molar-refractivity contribution in [3.8, 4) is 6.07 Å². The highest BCUT2D eigenvalue weighted by Gasteiger charge is 2.17. The normalized spacial score (nSPS) is 14.9. The number of urea groups is 1. The predicted molar refractivity (Wildman–Crippen MR) is 67.0 cm³/mol. The molecule has 1 fully saturated rings. The van der Waals surface area contributed by atoms with Crippen molar-refractivity contribution < 1.29 is 9.53 Å². The van der Waals surface area contributed by atoms with Gasteiger partial charge in [-0.2, -0.15) is 5.26 Å². The van der Waals surface area contributed by atoms with Gasteiger partial charge in [-0.3, -0.25) is 0 Å². The van der Waals surface area contributed by atoms with E-state index in [-0.39, 0.29) is 6.03 Å². The quantitative estimate of drug-likeness (QED) is 0.723. The molecule has 6 nitrogen and oxygen atoms in total. The van der Waals surface area contributed by atoms with Crippen LogP contribution in [0.25, 0.3) is 0 Å². The topological polar surface area (TPSA) is 91.4 Å². The van der Waals surface area contributed by atoms with Crippen molar-refractivity contribution in [2.45, 2.75) is 0 Å². The monoisotopic (exact) mass is 246 g/mol. The van der Waals surface area contributed by atoms with Gasteiger partial charge in [0.25, 0.3) is 0 Å². The largest absolute Gasteiger partial charge is 0.399 e. The van der Waals surface area contributed by atoms with Gasteiger partial charge in [0.1, 0.15) is 6.07 Å². The van der Waals surface area contributed by atoms with Crippen LogP contribution in [0.1, 0.15) is 5.56 Å². The second-order valence-corrected chi connectivity index (χ2v) is 3.95. The predicted octanol–water partition coefficient (Wildman–Crippen LogP) is 1.00. The molecule has 0 spiro atoms. The Hall–Kier alpha value is -2.26. The molecule has 0 aromatic heterocycles. The van der Waals surface area contributed by atoms with Gasteiger partial charge in [-0.15, -0.1) is 0 Å². The molecule has 1 aliphatic heterocycles. The van der Waals surface area contributed by atoms with Crippen molar-refractivity contribution in [1.29, 1.82) is 5.26 Å². The van der Waals surface area contributed by atoms with Crippen LogP contribution in [0.2, 0.25) is 0 Å². The lowest BCUT2D eigenvalue weighted by atomic mass is 10.2. The number of carbonyl (C=O) groups excluding carboxylic acids is 1. The number of anilines is 2. The van der Waals surface area contributed by atoms with Crippen molar-refractivity contribution in [2.75, 3.05) is 37.4 Å². The van der Waals surface area contributed by atoms with E-state index in [4.69, 9.17) is 15.7 Å². The van der Waals surface area contributed by atoms with Crippen molar-refractivity contribution in [2.24, 2.45) is 0 Å². The Kier molecular flexibility index (Phi) is 3.65. The lowest BCUT2D eigenvalue weighted by Gasteiger charge is -2.27. The maximum atomic E-state index is 11.9. The first-order valence-corrected chi connectivity index (χ1v) is 5.64. The van der Waals surface area contributed by atoms with Crippen LogP contribution in [0.4, 0.5) is 16.2 Å². The van der Waals surface area contributed by atoms with E-state index in [1.165, 1.54) is 6.07 Å². The molecule has 6 heteroatoms. The summed E-state index contributed by atoms with van der Waals surface area (Å²) < 4.78 is 5.17. The van der Waals surface area contributed by atoms with Crippen LogP contribution in [-0.2, 0) is 4.74 Å². The number of nitrogens with one attached hydrogen (secondary N) is 1. The summed E-state index contributed by atoms with van der Waals surface area (Å²) in [7, 11) is 0. The second-order valence-electron chi connectivity index (χ2n) is 3.95. The Morgan fingerprint density at radius 1 is 1.44 bits per heavy atom. The van der Waals surface area contributed by atoms with Crippen molar-refractivity contribution in [3.05, 3.63) is 23.8 Å². The van der Waals surface area contributed by atoms with Crippen molar-refractivity contribution >= 4 is 17.4 Å². The van der Waals surface area contributed by atoms with Crippen LogP contribution in [0.5, 0.6) is 0 Å². The van der Waals surface area contributed by atoms with Gasteiger partial charge in [0.2, 0.25) is 0 Å². The number of morpholine rings is 1. The molecule has 3 N–H and O–H groups in total. The average Bonchev–Trinajstić information content (AvgIpc) is 2.41. The molecule has 1 aromatic carbocycles. The summed E-state index contributed by atoms with van der Waals surface area (Å²) in [6.45, 7) is 2.20. The molecule has 0 bridgehead atoms. The van der Waals surface area contributed by atoms with Gasteiger partial charge in [-0.05, 0) is 18.2 Å². The zero-order valence-corrected chi connectivity index (χ0v) is 9.85. The molecule has 18 heavy (non-hydrogen) atoms. The van der Waals surface area contributed by atoms with E-state index in [0.29, 0.717) is 43.2 Å².